The standard InChI is InChI=1S/2C3H7NO/c2*1-4(2)3-5/h2*3H,1-2H3/i1D3,2D3,3D;3D. The molecule has 0 aromatic rings. The van der Waals surface area contributed by atoms with Crippen LogP contribution in [0.25, 0.3) is 0 Å². The first-order valence-corrected chi connectivity index (χ1v) is 2.20. The fourth-order valence-electron chi connectivity index (χ4n) is 0. The van der Waals surface area contributed by atoms with Crippen molar-refractivity contribution in [1.82, 2.24) is 9.80 Å². The first kappa shape index (κ1) is 2.53. The van der Waals surface area contributed by atoms with E-state index in [-0.39, 0.29) is 0 Å². The molecule has 0 spiro atoms. The van der Waals surface area contributed by atoms with E-state index >= 15 is 0 Å². The van der Waals surface area contributed by atoms with Gasteiger partial charge < -0.3 is 9.80 Å². The third kappa shape index (κ3) is 28.3. The Labute approximate surface area is 72.7 Å². The second-order valence-corrected chi connectivity index (χ2v) is 1.41. The van der Waals surface area contributed by atoms with Crippen molar-refractivity contribution in [3.8, 4) is 0 Å². The van der Waals surface area contributed by atoms with Crippen LogP contribution in [-0.4, -0.2) is 50.6 Å². The number of hydrogen-bond acceptors (Lipinski definition) is 2. The molecule has 0 aliphatic heterocycles. The number of hydrogen-bond donors (Lipinski definition) is 0. The Morgan fingerprint density at radius 1 is 1.20 bits per heavy atom. The molecule has 60 valence electrons. The Bertz CT molecular complexity index is 283. The zero-order chi connectivity index (χ0) is 15.3. The molecule has 4 heteroatoms. The van der Waals surface area contributed by atoms with Gasteiger partial charge in [-0.15, -0.1) is 0 Å². The van der Waals surface area contributed by atoms with E-state index in [1.54, 1.807) is 0 Å². The predicted molar refractivity (Wildman–Crippen MR) is 39.5 cm³/mol. The summed E-state index contributed by atoms with van der Waals surface area (Å²) in [6.07, 6.45) is -2.40. The highest BCUT2D eigenvalue weighted by atomic mass is 16.1. The largest absolute Gasteiger partial charge is 0.351 e. The van der Waals surface area contributed by atoms with Crippen LogP contribution in [0.1, 0.15) is 11.0 Å². The molecule has 0 heterocycles. The van der Waals surface area contributed by atoms with Gasteiger partial charge in [0.05, 0.1) is 0 Å². The molecule has 0 unspecified atom stereocenters. The molecular weight excluding hydrogens is 132 g/mol. The highest BCUT2D eigenvalue weighted by Crippen LogP contribution is 1.52. The highest BCUT2D eigenvalue weighted by molar-refractivity contribution is 5.45. The van der Waals surface area contributed by atoms with E-state index in [4.69, 9.17) is 11.0 Å². The van der Waals surface area contributed by atoms with Crippen LogP contribution in [0.4, 0.5) is 0 Å². The summed E-state index contributed by atoms with van der Waals surface area (Å²) in [4.78, 5) is 20.8. The maximum atomic E-state index is 10.3. The van der Waals surface area contributed by atoms with Crippen molar-refractivity contribution in [2.45, 2.75) is 0 Å². The van der Waals surface area contributed by atoms with E-state index in [1.807, 2.05) is 0 Å². The Balaban J connectivity index is 0. The molecule has 0 radical (unpaired) electrons. The van der Waals surface area contributed by atoms with E-state index in [2.05, 4.69) is 0 Å². The van der Waals surface area contributed by atoms with Crippen LogP contribution >= 0.6 is 0 Å². The molecule has 10 heavy (non-hydrogen) atoms. The molecule has 0 rings (SSSR count). The summed E-state index contributed by atoms with van der Waals surface area (Å²) in [5.41, 5.74) is 0. The van der Waals surface area contributed by atoms with Crippen molar-refractivity contribution < 1.29 is 20.6 Å². The van der Waals surface area contributed by atoms with E-state index in [0.717, 1.165) is 0 Å². The van der Waals surface area contributed by atoms with Crippen LogP contribution in [0.5, 0.6) is 0 Å². The second-order valence-electron chi connectivity index (χ2n) is 1.41. The molecule has 0 atom stereocenters. The number of rotatable bonds is 0. The lowest BCUT2D eigenvalue weighted by Crippen LogP contribution is -2.06. The van der Waals surface area contributed by atoms with Gasteiger partial charge in [0.1, 0.15) is 2.74 Å². The third-order valence-corrected chi connectivity index (χ3v) is 0.274. The lowest BCUT2D eigenvalue weighted by Gasteiger charge is -1.93. The quantitative estimate of drug-likeness (QED) is 0.437. The van der Waals surface area contributed by atoms with Gasteiger partial charge in [0, 0.05) is 36.3 Å². The van der Waals surface area contributed by atoms with Crippen molar-refractivity contribution in [3.05, 3.63) is 0 Å². The molecule has 0 aromatic carbocycles. The SMILES string of the molecule is [2H]C(=O)N(C([2H])([2H])[2H])C([2H])([2H])[2H].[2H]C(=O)N(C)C. The van der Waals surface area contributed by atoms with E-state index in [0.29, 0.717) is 0 Å². The van der Waals surface area contributed by atoms with Gasteiger partial charge >= 0.3 is 0 Å². The van der Waals surface area contributed by atoms with Gasteiger partial charge in [-0.05, 0) is 0 Å². The summed E-state index contributed by atoms with van der Waals surface area (Å²) >= 11 is 0. The molecule has 0 bridgehead atoms. The van der Waals surface area contributed by atoms with Crippen molar-refractivity contribution >= 4 is 12.8 Å². The minimum absolute atomic E-state index is 0.431. The minimum atomic E-state index is -3.09. The van der Waals surface area contributed by atoms with E-state index in [1.165, 1.54) is 19.0 Å². The summed E-state index contributed by atoms with van der Waals surface area (Å²) in [5, 5.41) is 0. The number of amides is 2. The zero-order valence-corrected chi connectivity index (χ0v) is 5.71. The average molecular weight is 154 g/mol. The summed E-state index contributed by atoms with van der Waals surface area (Å²) in [7, 11) is 3.07. The first-order valence-electron chi connectivity index (χ1n) is 6.20. The molecule has 4 nitrogen and oxygen atoms in total. The summed E-state index contributed by atoms with van der Waals surface area (Å²) in [5.74, 6) is 0. The topological polar surface area (TPSA) is 40.6 Å². The van der Waals surface area contributed by atoms with Crippen LogP contribution in [0.2, 0.25) is 0 Å². The van der Waals surface area contributed by atoms with Crippen LogP contribution in [0.15, 0.2) is 0 Å². The van der Waals surface area contributed by atoms with Crippen molar-refractivity contribution in [1.29, 1.82) is 0 Å². The molecular formula is C6H14N2O2. The molecule has 0 saturated carbocycles. The Hall–Kier alpha value is -1.06. The molecule has 0 saturated heterocycles. The van der Waals surface area contributed by atoms with Crippen LogP contribution in [0.3, 0.4) is 0 Å². The lowest BCUT2D eigenvalue weighted by atomic mass is 11.0. The fourth-order valence-corrected chi connectivity index (χ4v) is 0. The maximum Gasteiger partial charge on any atom is 0.209 e. The van der Waals surface area contributed by atoms with Crippen molar-refractivity contribution in [3.63, 3.8) is 0 Å². The zero-order valence-electron chi connectivity index (χ0n) is 13.7. The smallest absolute Gasteiger partial charge is 0.209 e. The van der Waals surface area contributed by atoms with Crippen LogP contribution in [0, 0.1) is 0 Å². The minimum Gasteiger partial charge on any atom is -0.351 e. The fraction of sp³-hybridized carbons (Fsp3) is 0.667. The highest BCUT2D eigenvalue weighted by Gasteiger charge is 1.68. The van der Waals surface area contributed by atoms with Gasteiger partial charge in [0.2, 0.25) is 12.8 Å². The van der Waals surface area contributed by atoms with Crippen molar-refractivity contribution in [2.75, 3.05) is 28.0 Å². The van der Waals surface area contributed by atoms with E-state index < -0.39 is 31.6 Å². The molecule has 0 aliphatic rings. The van der Waals surface area contributed by atoms with Gasteiger partial charge in [0.25, 0.3) is 0 Å². The lowest BCUT2D eigenvalue weighted by molar-refractivity contribution is -0.116. The predicted octanol–water partition coefficient (Wildman–Crippen LogP) is -0.591. The Morgan fingerprint density at radius 2 is 1.50 bits per heavy atom. The number of carbonyl (C=O) groups excluding carboxylic acids is 2. The third-order valence-electron chi connectivity index (χ3n) is 0.274. The van der Waals surface area contributed by atoms with Crippen LogP contribution in [-0.2, 0) is 9.59 Å². The summed E-state index contributed by atoms with van der Waals surface area (Å²) in [6.45, 7) is -6.19. The normalized spacial score (nSPS) is 21.0. The number of nitrogens with zero attached hydrogens (tertiary/aromatic N) is 2. The Morgan fingerprint density at radius 3 is 1.50 bits per heavy atom. The van der Waals surface area contributed by atoms with E-state index in [9.17, 15) is 9.59 Å². The molecule has 0 aromatic heterocycles. The second kappa shape index (κ2) is 7.94. The van der Waals surface area contributed by atoms with Gasteiger partial charge in [-0.3, -0.25) is 9.59 Å². The molecule has 2 amide bonds. The number of carbonyl (C=O) groups is 2. The van der Waals surface area contributed by atoms with Gasteiger partial charge in [0.15, 0.2) is 0 Å². The Kier molecular flexibility index (Phi) is 2.00. The molecule has 0 aliphatic carbocycles. The van der Waals surface area contributed by atoms with Gasteiger partial charge in [-0.1, -0.05) is 0 Å². The molecule has 0 N–H and O–H groups in total. The van der Waals surface area contributed by atoms with Gasteiger partial charge in [-0.25, -0.2) is 0 Å². The van der Waals surface area contributed by atoms with Crippen molar-refractivity contribution in [2.24, 2.45) is 0 Å². The molecule has 0 fully saturated rings. The van der Waals surface area contributed by atoms with Crippen LogP contribution < -0.4 is 0 Å². The van der Waals surface area contributed by atoms with Gasteiger partial charge in [-0.2, -0.15) is 0 Å². The summed E-state index contributed by atoms with van der Waals surface area (Å²) in [6, 6.07) is 0. The monoisotopic (exact) mass is 154 g/mol. The summed E-state index contributed by atoms with van der Waals surface area (Å²) < 4.78 is 52.5. The average Bonchev–Trinajstić information content (AvgIpc) is 1.96. The maximum absolute atomic E-state index is 10.3. The first-order chi connectivity index (χ1) is 7.71.